The quantitative estimate of drug-likeness (QED) is 0.424. The van der Waals surface area contributed by atoms with Crippen LogP contribution in [-0.2, 0) is 16.1 Å². The van der Waals surface area contributed by atoms with Gasteiger partial charge < -0.3 is 20.7 Å². The number of thiophene rings is 1. The Labute approximate surface area is 208 Å². The van der Waals surface area contributed by atoms with Crippen molar-refractivity contribution in [1.82, 2.24) is 10.2 Å². The SMILES string of the molecule is O=C(CCN1CCOCC1)Nc1cccc(CNC(=O)c2cccc(NC(=O)c3cccs3)c2)c1. The number of hydrogen-bond donors (Lipinski definition) is 3. The minimum Gasteiger partial charge on any atom is -0.379 e. The van der Waals surface area contributed by atoms with Gasteiger partial charge in [-0.1, -0.05) is 24.3 Å². The molecule has 0 aliphatic carbocycles. The van der Waals surface area contributed by atoms with Crippen molar-refractivity contribution in [1.29, 1.82) is 0 Å². The summed E-state index contributed by atoms with van der Waals surface area (Å²) in [5.41, 5.74) is 2.56. The van der Waals surface area contributed by atoms with Gasteiger partial charge in [-0.3, -0.25) is 19.3 Å². The normalized spacial score (nSPS) is 13.7. The van der Waals surface area contributed by atoms with Gasteiger partial charge in [0.2, 0.25) is 5.91 Å². The second-order valence-corrected chi connectivity index (χ2v) is 9.10. The number of nitrogens with zero attached hydrogens (tertiary/aromatic N) is 1. The van der Waals surface area contributed by atoms with E-state index in [2.05, 4.69) is 20.9 Å². The lowest BCUT2D eigenvalue weighted by atomic mass is 10.1. The molecule has 3 aromatic rings. The smallest absolute Gasteiger partial charge is 0.265 e. The van der Waals surface area contributed by atoms with Gasteiger partial charge in [-0.05, 0) is 47.3 Å². The number of amides is 3. The van der Waals surface area contributed by atoms with Crippen LogP contribution in [0.1, 0.15) is 32.0 Å². The molecular weight excluding hydrogens is 464 g/mol. The Morgan fingerprint density at radius 2 is 1.66 bits per heavy atom. The first kappa shape index (κ1) is 24.6. The van der Waals surface area contributed by atoms with Gasteiger partial charge in [0.25, 0.3) is 11.8 Å². The van der Waals surface area contributed by atoms with Gasteiger partial charge in [0.1, 0.15) is 0 Å². The highest BCUT2D eigenvalue weighted by Gasteiger charge is 2.13. The molecule has 1 saturated heterocycles. The van der Waals surface area contributed by atoms with Crippen molar-refractivity contribution in [2.75, 3.05) is 43.5 Å². The summed E-state index contributed by atoms with van der Waals surface area (Å²) in [6.45, 7) is 4.14. The summed E-state index contributed by atoms with van der Waals surface area (Å²) >= 11 is 1.36. The summed E-state index contributed by atoms with van der Waals surface area (Å²) in [4.78, 5) is 40.1. The molecule has 0 atom stereocenters. The summed E-state index contributed by atoms with van der Waals surface area (Å²) in [5, 5.41) is 10.5. The van der Waals surface area contributed by atoms with Crippen molar-refractivity contribution < 1.29 is 19.1 Å². The van der Waals surface area contributed by atoms with Crippen LogP contribution in [0.2, 0.25) is 0 Å². The van der Waals surface area contributed by atoms with Crippen molar-refractivity contribution in [3.05, 3.63) is 82.0 Å². The number of rotatable bonds is 9. The second kappa shape index (κ2) is 12.3. The molecule has 1 aromatic heterocycles. The number of hydrogen-bond acceptors (Lipinski definition) is 6. The Morgan fingerprint density at radius 3 is 2.43 bits per heavy atom. The lowest BCUT2D eigenvalue weighted by Gasteiger charge is -2.26. The zero-order valence-electron chi connectivity index (χ0n) is 19.3. The van der Waals surface area contributed by atoms with Crippen molar-refractivity contribution in [3.63, 3.8) is 0 Å². The van der Waals surface area contributed by atoms with E-state index in [9.17, 15) is 14.4 Å². The van der Waals surface area contributed by atoms with Crippen LogP contribution < -0.4 is 16.0 Å². The predicted molar refractivity (Wildman–Crippen MR) is 137 cm³/mol. The Bertz CT molecular complexity index is 1160. The minimum absolute atomic E-state index is 0.0425. The number of morpholine rings is 1. The van der Waals surface area contributed by atoms with Gasteiger partial charge in [-0.15, -0.1) is 11.3 Å². The summed E-state index contributed by atoms with van der Waals surface area (Å²) in [5.74, 6) is -0.502. The number of nitrogens with one attached hydrogen (secondary N) is 3. The first-order valence-corrected chi connectivity index (χ1v) is 12.4. The average Bonchev–Trinajstić information content (AvgIpc) is 3.43. The highest BCUT2D eigenvalue weighted by molar-refractivity contribution is 7.12. The predicted octanol–water partition coefficient (Wildman–Crippen LogP) is 3.59. The van der Waals surface area contributed by atoms with E-state index in [1.54, 1.807) is 30.3 Å². The van der Waals surface area contributed by atoms with E-state index in [0.717, 1.165) is 18.7 Å². The first-order valence-electron chi connectivity index (χ1n) is 11.5. The van der Waals surface area contributed by atoms with E-state index in [0.29, 0.717) is 54.5 Å². The Morgan fingerprint density at radius 1 is 0.886 bits per heavy atom. The fraction of sp³-hybridized carbons (Fsp3) is 0.269. The molecule has 2 aromatic carbocycles. The summed E-state index contributed by atoms with van der Waals surface area (Å²) in [7, 11) is 0. The molecule has 0 radical (unpaired) electrons. The molecule has 182 valence electrons. The Hall–Kier alpha value is -3.53. The van der Waals surface area contributed by atoms with Gasteiger partial charge in [0.05, 0.1) is 18.1 Å². The molecule has 0 unspecified atom stereocenters. The van der Waals surface area contributed by atoms with Crippen LogP contribution >= 0.6 is 11.3 Å². The molecule has 1 aliphatic heterocycles. The van der Waals surface area contributed by atoms with Crippen LogP contribution in [0, 0.1) is 0 Å². The zero-order valence-corrected chi connectivity index (χ0v) is 20.1. The third kappa shape index (κ3) is 7.48. The number of carbonyl (C=O) groups is 3. The maximum Gasteiger partial charge on any atom is 0.265 e. The van der Waals surface area contributed by atoms with E-state index >= 15 is 0 Å². The highest BCUT2D eigenvalue weighted by atomic mass is 32.1. The molecular formula is C26H28N4O4S. The topological polar surface area (TPSA) is 99.8 Å². The van der Waals surface area contributed by atoms with Gasteiger partial charge in [0, 0.05) is 49.5 Å². The summed E-state index contributed by atoms with van der Waals surface area (Å²) in [6.07, 6.45) is 0.417. The standard InChI is InChI=1S/C26H28N4O4S/c31-24(9-10-30-11-13-34-14-12-30)28-21-6-1-4-19(16-21)18-27-25(32)20-5-2-7-22(17-20)29-26(33)23-8-3-15-35-23/h1-8,15-17H,9-14,18H2,(H,27,32)(H,28,31)(H,29,33). The zero-order chi connectivity index (χ0) is 24.5. The third-order valence-corrected chi connectivity index (χ3v) is 6.42. The van der Waals surface area contributed by atoms with E-state index < -0.39 is 0 Å². The van der Waals surface area contributed by atoms with E-state index in [1.165, 1.54) is 11.3 Å². The summed E-state index contributed by atoms with van der Waals surface area (Å²) in [6, 6.07) is 17.8. The van der Waals surface area contributed by atoms with Gasteiger partial charge in [0.15, 0.2) is 0 Å². The molecule has 1 fully saturated rings. The molecule has 0 bridgehead atoms. The van der Waals surface area contributed by atoms with Crippen molar-refractivity contribution >= 4 is 40.4 Å². The minimum atomic E-state index is -0.253. The van der Waals surface area contributed by atoms with Crippen molar-refractivity contribution in [2.45, 2.75) is 13.0 Å². The molecule has 8 nitrogen and oxygen atoms in total. The number of benzene rings is 2. The lowest BCUT2D eigenvalue weighted by molar-refractivity contribution is -0.116. The van der Waals surface area contributed by atoms with Gasteiger partial charge >= 0.3 is 0 Å². The molecule has 3 amide bonds. The van der Waals surface area contributed by atoms with Gasteiger partial charge in [-0.25, -0.2) is 0 Å². The maximum atomic E-state index is 12.7. The van der Waals surface area contributed by atoms with E-state index in [-0.39, 0.29) is 17.7 Å². The summed E-state index contributed by atoms with van der Waals surface area (Å²) < 4.78 is 5.33. The van der Waals surface area contributed by atoms with Crippen LogP contribution in [0.5, 0.6) is 0 Å². The largest absolute Gasteiger partial charge is 0.379 e. The molecule has 9 heteroatoms. The van der Waals surface area contributed by atoms with Crippen LogP contribution in [0.15, 0.2) is 66.0 Å². The van der Waals surface area contributed by atoms with E-state index in [4.69, 9.17) is 4.74 Å². The van der Waals surface area contributed by atoms with Crippen molar-refractivity contribution in [3.8, 4) is 0 Å². The van der Waals surface area contributed by atoms with Crippen LogP contribution in [0.4, 0.5) is 11.4 Å². The first-order chi connectivity index (χ1) is 17.1. The molecule has 0 saturated carbocycles. The highest BCUT2D eigenvalue weighted by Crippen LogP contribution is 2.16. The third-order valence-electron chi connectivity index (χ3n) is 5.55. The lowest BCUT2D eigenvalue weighted by Crippen LogP contribution is -2.38. The van der Waals surface area contributed by atoms with Gasteiger partial charge in [-0.2, -0.15) is 0 Å². The molecule has 2 heterocycles. The Balaban J connectivity index is 1.27. The molecule has 3 N–H and O–H groups in total. The van der Waals surface area contributed by atoms with Crippen molar-refractivity contribution in [2.24, 2.45) is 0 Å². The maximum absolute atomic E-state index is 12.7. The fourth-order valence-electron chi connectivity index (χ4n) is 3.69. The second-order valence-electron chi connectivity index (χ2n) is 8.15. The molecule has 35 heavy (non-hydrogen) atoms. The molecule has 4 rings (SSSR count). The fourth-order valence-corrected chi connectivity index (χ4v) is 4.31. The molecule has 1 aliphatic rings. The van der Waals surface area contributed by atoms with Crippen LogP contribution in [0.3, 0.4) is 0 Å². The van der Waals surface area contributed by atoms with E-state index in [1.807, 2.05) is 35.7 Å². The average molecular weight is 493 g/mol. The monoisotopic (exact) mass is 492 g/mol. The molecule has 0 spiro atoms. The number of carbonyl (C=O) groups excluding carboxylic acids is 3. The van der Waals surface area contributed by atoms with Crippen LogP contribution in [0.25, 0.3) is 0 Å². The van der Waals surface area contributed by atoms with Crippen LogP contribution in [-0.4, -0.2) is 55.5 Å². The number of anilines is 2. The number of ether oxygens (including phenoxy) is 1. The Kier molecular flexibility index (Phi) is 8.61.